The van der Waals surface area contributed by atoms with E-state index >= 15 is 0 Å². The lowest BCUT2D eigenvalue weighted by Gasteiger charge is -2.38. The average Bonchev–Trinajstić information content (AvgIpc) is 3.27. The number of imide groups is 1. The summed E-state index contributed by atoms with van der Waals surface area (Å²) in [7, 11) is 0. The molecular formula is C26H23N3O4. The number of hydrogen-bond acceptors (Lipinski definition) is 4. The van der Waals surface area contributed by atoms with E-state index in [1.807, 2.05) is 24.3 Å². The SMILES string of the molecule is C[C@@H](NC(=O)Nc1ccc2c(c1)C(=O)c1ccccc1-2)N1C(=O)[C@@H]2[C@H](C1=O)[C@H]1C=C[C@H]2CC1. The van der Waals surface area contributed by atoms with Gasteiger partial charge in [-0.25, -0.2) is 4.79 Å². The Kier molecular flexibility index (Phi) is 4.30. The molecule has 0 spiro atoms. The van der Waals surface area contributed by atoms with E-state index in [1.54, 1.807) is 25.1 Å². The van der Waals surface area contributed by atoms with Crippen LogP contribution in [0.15, 0.2) is 54.6 Å². The van der Waals surface area contributed by atoms with Gasteiger partial charge in [-0.15, -0.1) is 0 Å². The van der Waals surface area contributed by atoms with Gasteiger partial charge in [-0.1, -0.05) is 42.5 Å². The van der Waals surface area contributed by atoms with Crippen LogP contribution in [-0.2, 0) is 9.59 Å². The molecule has 2 aromatic rings. The summed E-state index contributed by atoms with van der Waals surface area (Å²) in [5, 5.41) is 5.45. The lowest BCUT2D eigenvalue weighted by Crippen LogP contribution is -2.50. The van der Waals surface area contributed by atoms with Gasteiger partial charge in [-0.05, 0) is 54.9 Å². The summed E-state index contributed by atoms with van der Waals surface area (Å²) in [6.45, 7) is 1.64. The van der Waals surface area contributed by atoms with E-state index < -0.39 is 12.2 Å². The van der Waals surface area contributed by atoms with Crippen molar-refractivity contribution in [2.75, 3.05) is 5.32 Å². The van der Waals surface area contributed by atoms with Crippen molar-refractivity contribution in [2.24, 2.45) is 23.7 Å². The standard InChI is InChI=1S/C26H23N3O4/c1-13(29-24(31)21-14-6-7-15(9-8-14)22(21)25(29)32)27-26(33)28-16-10-11-18-17-4-2-3-5-19(17)23(30)20(18)12-16/h2-7,10-15,21-22H,8-9H2,1H3,(H2,27,28,33)/t13-,14-,15-,21-,22+/m0/s1. The molecule has 0 aromatic heterocycles. The third-order valence-electron chi connectivity index (χ3n) is 7.50. The van der Waals surface area contributed by atoms with Crippen LogP contribution >= 0.6 is 0 Å². The monoisotopic (exact) mass is 441 g/mol. The zero-order chi connectivity index (χ0) is 22.9. The largest absolute Gasteiger partial charge is 0.320 e. The fourth-order valence-corrected chi connectivity index (χ4v) is 6.01. The number of nitrogens with zero attached hydrogens (tertiary/aromatic N) is 1. The maximum absolute atomic E-state index is 13.1. The molecule has 2 fully saturated rings. The van der Waals surface area contributed by atoms with Crippen molar-refractivity contribution in [3.05, 3.63) is 65.7 Å². The molecule has 5 atom stereocenters. The minimum Gasteiger partial charge on any atom is -0.317 e. The average molecular weight is 441 g/mol. The molecule has 33 heavy (non-hydrogen) atoms. The summed E-state index contributed by atoms with van der Waals surface area (Å²) in [6, 6.07) is 12.1. The van der Waals surface area contributed by atoms with Gasteiger partial charge in [-0.3, -0.25) is 19.3 Å². The van der Waals surface area contributed by atoms with Crippen molar-refractivity contribution in [1.82, 2.24) is 10.2 Å². The number of urea groups is 1. The molecule has 4 aliphatic carbocycles. The first-order chi connectivity index (χ1) is 15.9. The minimum absolute atomic E-state index is 0.0721. The van der Waals surface area contributed by atoms with Crippen LogP contribution in [0, 0.1) is 23.7 Å². The molecule has 1 saturated carbocycles. The Balaban J connectivity index is 1.16. The molecule has 7 nitrogen and oxygen atoms in total. The normalized spacial score (nSPS) is 27.3. The first kappa shape index (κ1) is 19.9. The van der Waals surface area contributed by atoms with Gasteiger partial charge >= 0.3 is 6.03 Å². The maximum Gasteiger partial charge on any atom is 0.320 e. The van der Waals surface area contributed by atoms with Crippen LogP contribution in [0.4, 0.5) is 10.5 Å². The molecule has 2 N–H and O–H groups in total. The predicted octanol–water partition coefficient (Wildman–Crippen LogP) is 3.56. The minimum atomic E-state index is -0.768. The van der Waals surface area contributed by atoms with Crippen LogP contribution in [-0.4, -0.2) is 34.7 Å². The summed E-state index contributed by atoms with van der Waals surface area (Å²) >= 11 is 0. The lowest BCUT2D eigenvalue weighted by atomic mass is 9.63. The molecule has 4 amide bonds. The summed E-state index contributed by atoms with van der Waals surface area (Å²) in [5.41, 5.74) is 3.39. The number of ketones is 1. The van der Waals surface area contributed by atoms with Crippen molar-refractivity contribution in [2.45, 2.75) is 25.9 Å². The Bertz CT molecular complexity index is 1230. The van der Waals surface area contributed by atoms with Gasteiger partial charge in [0.1, 0.15) is 6.17 Å². The van der Waals surface area contributed by atoms with Gasteiger partial charge in [0.15, 0.2) is 5.78 Å². The van der Waals surface area contributed by atoms with Crippen LogP contribution in [0.3, 0.4) is 0 Å². The van der Waals surface area contributed by atoms with Crippen molar-refractivity contribution in [1.29, 1.82) is 0 Å². The fourth-order valence-electron chi connectivity index (χ4n) is 6.01. The van der Waals surface area contributed by atoms with Crippen molar-refractivity contribution in [3.63, 3.8) is 0 Å². The van der Waals surface area contributed by atoms with E-state index in [4.69, 9.17) is 0 Å². The second-order valence-corrected chi connectivity index (χ2v) is 9.30. The number of rotatable bonds is 3. The summed E-state index contributed by atoms with van der Waals surface area (Å²) < 4.78 is 0. The molecule has 1 heterocycles. The molecule has 7 heteroatoms. The molecule has 7 rings (SSSR count). The second kappa shape index (κ2) is 7.13. The number of amides is 4. The maximum atomic E-state index is 13.1. The van der Waals surface area contributed by atoms with Crippen LogP contribution in [0.25, 0.3) is 11.1 Å². The number of hydrogen-bond donors (Lipinski definition) is 2. The second-order valence-electron chi connectivity index (χ2n) is 9.30. The van der Waals surface area contributed by atoms with Gasteiger partial charge in [0.25, 0.3) is 0 Å². The Labute approximate surface area is 190 Å². The summed E-state index contributed by atoms with van der Waals surface area (Å²) in [4.78, 5) is 52.7. The van der Waals surface area contributed by atoms with Gasteiger partial charge in [0, 0.05) is 16.8 Å². The van der Waals surface area contributed by atoms with E-state index in [-0.39, 0.29) is 41.3 Å². The number of carbonyl (C=O) groups excluding carboxylic acids is 4. The highest BCUT2D eigenvalue weighted by molar-refractivity contribution is 6.22. The first-order valence-electron chi connectivity index (χ1n) is 11.3. The zero-order valence-electron chi connectivity index (χ0n) is 18.1. The summed E-state index contributed by atoms with van der Waals surface area (Å²) in [6.07, 6.45) is 5.23. The Morgan fingerprint density at radius 3 is 2.12 bits per heavy atom. The number of nitrogens with one attached hydrogen (secondary N) is 2. The van der Waals surface area contributed by atoms with Crippen LogP contribution < -0.4 is 10.6 Å². The third kappa shape index (κ3) is 2.88. The molecule has 0 radical (unpaired) electrons. The number of likely N-dealkylation sites (tertiary alicyclic amines) is 1. The quantitative estimate of drug-likeness (QED) is 0.480. The van der Waals surface area contributed by atoms with Gasteiger partial charge in [0.2, 0.25) is 11.8 Å². The van der Waals surface area contributed by atoms with Crippen LogP contribution in [0.2, 0.25) is 0 Å². The van der Waals surface area contributed by atoms with E-state index in [1.165, 1.54) is 4.90 Å². The molecule has 1 saturated heterocycles. The van der Waals surface area contributed by atoms with Crippen molar-refractivity contribution < 1.29 is 19.2 Å². The van der Waals surface area contributed by atoms with E-state index in [2.05, 4.69) is 22.8 Å². The van der Waals surface area contributed by atoms with Gasteiger partial charge in [-0.2, -0.15) is 0 Å². The smallest absolute Gasteiger partial charge is 0.317 e. The predicted molar refractivity (Wildman–Crippen MR) is 121 cm³/mol. The summed E-state index contributed by atoms with van der Waals surface area (Å²) in [5.74, 6) is -0.866. The van der Waals surface area contributed by atoms with Crippen LogP contribution in [0.5, 0.6) is 0 Å². The molecule has 2 bridgehead atoms. The number of allylic oxidation sites excluding steroid dienone is 2. The Hall–Kier alpha value is -3.74. The van der Waals surface area contributed by atoms with Gasteiger partial charge in [0.05, 0.1) is 11.8 Å². The molecular weight excluding hydrogens is 418 g/mol. The Morgan fingerprint density at radius 1 is 0.879 bits per heavy atom. The highest BCUT2D eigenvalue weighted by Gasteiger charge is 2.57. The van der Waals surface area contributed by atoms with E-state index in [0.717, 1.165) is 24.0 Å². The number of carbonyl (C=O) groups is 4. The number of fused-ring (bicyclic) bond motifs is 4. The van der Waals surface area contributed by atoms with Crippen molar-refractivity contribution in [3.8, 4) is 11.1 Å². The third-order valence-corrected chi connectivity index (χ3v) is 7.50. The number of benzene rings is 2. The molecule has 2 aromatic carbocycles. The van der Waals surface area contributed by atoms with Crippen LogP contribution in [0.1, 0.15) is 35.7 Å². The Morgan fingerprint density at radius 2 is 1.48 bits per heavy atom. The van der Waals surface area contributed by atoms with E-state index in [0.29, 0.717) is 16.8 Å². The number of anilines is 1. The molecule has 0 unspecified atom stereocenters. The molecule has 5 aliphatic rings. The topological polar surface area (TPSA) is 95.6 Å². The van der Waals surface area contributed by atoms with Gasteiger partial charge < -0.3 is 10.6 Å². The fraction of sp³-hybridized carbons (Fsp3) is 0.308. The molecule has 166 valence electrons. The lowest BCUT2D eigenvalue weighted by molar-refractivity contribution is -0.142. The molecule has 1 aliphatic heterocycles. The highest BCUT2D eigenvalue weighted by atomic mass is 16.2. The first-order valence-corrected chi connectivity index (χ1v) is 11.3. The van der Waals surface area contributed by atoms with E-state index in [9.17, 15) is 19.2 Å². The highest BCUT2D eigenvalue weighted by Crippen LogP contribution is 2.49. The van der Waals surface area contributed by atoms with Crippen molar-refractivity contribution >= 4 is 29.3 Å². The zero-order valence-corrected chi connectivity index (χ0v) is 18.1.